The highest BCUT2D eigenvalue weighted by atomic mass is 32.2. The summed E-state index contributed by atoms with van der Waals surface area (Å²) in [5.74, 6) is -0.623. The molecule has 0 spiro atoms. The van der Waals surface area contributed by atoms with E-state index in [1.807, 2.05) is 0 Å². The summed E-state index contributed by atoms with van der Waals surface area (Å²) in [6.45, 7) is 3.61. The van der Waals surface area contributed by atoms with Crippen LogP contribution in [0.2, 0.25) is 0 Å². The average molecular weight is 370 g/mol. The van der Waals surface area contributed by atoms with Crippen LogP contribution >= 0.6 is 0 Å². The van der Waals surface area contributed by atoms with Gasteiger partial charge in [0.25, 0.3) is 0 Å². The molecular weight excluding hydrogens is 355 g/mol. The van der Waals surface area contributed by atoms with Gasteiger partial charge < -0.3 is 0 Å². The molecule has 0 radical (unpaired) electrons. The fourth-order valence-corrected chi connectivity index (χ4v) is 4.42. The van der Waals surface area contributed by atoms with E-state index in [1.165, 1.54) is 48.9 Å². The summed E-state index contributed by atoms with van der Waals surface area (Å²) in [7, 11) is -4.06. The molecule has 7 heteroatoms. The summed E-state index contributed by atoms with van der Waals surface area (Å²) >= 11 is 0. The molecule has 0 saturated carbocycles. The lowest BCUT2D eigenvalue weighted by Gasteiger charge is -2.18. The predicted octanol–water partition coefficient (Wildman–Crippen LogP) is 3.61. The maximum atomic E-state index is 14.3. The van der Waals surface area contributed by atoms with E-state index in [4.69, 9.17) is 0 Å². The molecule has 1 atom stereocenters. The lowest BCUT2D eigenvalue weighted by atomic mass is 10.1. The third kappa shape index (κ3) is 2.97. The lowest BCUT2D eigenvalue weighted by molar-refractivity contribution is 0.112. The molecule has 2 aromatic heterocycles. The molecule has 26 heavy (non-hydrogen) atoms. The molecular formula is C19H15FN2O3S. The second-order valence-electron chi connectivity index (χ2n) is 5.50. The number of hydrogen-bond acceptors (Lipinski definition) is 4. The van der Waals surface area contributed by atoms with Gasteiger partial charge in [-0.15, -0.1) is 6.58 Å². The van der Waals surface area contributed by atoms with Crippen molar-refractivity contribution >= 4 is 16.3 Å². The number of halogens is 1. The van der Waals surface area contributed by atoms with E-state index in [0.717, 1.165) is 3.97 Å². The second-order valence-corrected chi connectivity index (χ2v) is 7.43. The number of carbonyl (C=O) groups is 1. The summed E-state index contributed by atoms with van der Waals surface area (Å²) in [6, 6.07) is 10.3. The third-order valence-corrected chi connectivity index (χ3v) is 5.92. The monoisotopic (exact) mass is 370 g/mol. The largest absolute Gasteiger partial charge is 0.298 e. The minimum atomic E-state index is -4.06. The Morgan fingerprint density at radius 2 is 1.92 bits per heavy atom. The normalized spacial score (nSPS) is 12.5. The number of benzene rings is 1. The minimum Gasteiger partial charge on any atom is -0.298 e. The average Bonchev–Trinajstić information content (AvgIpc) is 3.08. The van der Waals surface area contributed by atoms with Crippen molar-refractivity contribution in [1.29, 1.82) is 0 Å². The van der Waals surface area contributed by atoms with Gasteiger partial charge in [0, 0.05) is 29.7 Å². The number of pyridine rings is 1. The Bertz CT molecular complexity index is 1060. The zero-order valence-electron chi connectivity index (χ0n) is 13.6. The van der Waals surface area contributed by atoms with Gasteiger partial charge in [0.2, 0.25) is 10.0 Å². The molecule has 1 aromatic carbocycles. The van der Waals surface area contributed by atoms with Crippen molar-refractivity contribution in [2.75, 3.05) is 0 Å². The molecule has 5 nitrogen and oxygen atoms in total. The standard InChI is InChI=1S/C19H15FN2O3S/c1-2-18(14-6-5-10-21-12-14)26(24,25)22-11-9-15(13-23)19(22)16-7-3-4-8-17(16)20/h2-13,18H,1H2. The topological polar surface area (TPSA) is 69.0 Å². The zero-order chi connectivity index (χ0) is 18.7. The van der Waals surface area contributed by atoms with E-state index >= 15 is 0 Å². The van der Waals surface area contributed by atoms with E-state index in [-0.39, 0.29) is 16.8 Å². The van der Waals surface area contributed by atoms with Crippen molar-refractivity contribution in [3.8, 4) is 11.3 Å². The van der Waals surface area contributed by atoms with Crippen LogP contribution in [0.3, 0.4) is 0 Å². The first-order valence-corrected chi connectivity index (χ1v) is 9.19. The maximum absolute atomic E-state index is 14.3. The Balaban J connectivity index is 2.24. The van der Waals surface area contributed by atoms with Crippen molar-refractivity contribution in [3.63, 3.8) is 0 Å². The molecule has 2 heterocycles. The van der Waals surface area contributed by atoms with Crippen molar-refractivity contribution in [2.24, 2.45) is 0 Å². The Morgan fingerprint density at radius 1 is 1.15 bits per heavy atom. The molecule has 132 valence electrons. The molecule has 0 bridgehead atoms. The Hall–Kier alpha value is -3.06. The first-order chi connectivity index (χ1) is 12.5. The molecule has 0 fully saturated rings. The number of hydrogen-bond donors (Lipinski definition) is 0. The van der Waals surface area contributed by atoms with Gasteiger partial charge in [-0.1, -0.05) is 24.3 Å². The van der Waals surface area contributed by atoms with Crippen LogP contribution in [0.4, 0.5) is 4.39 Å². The predicted molar refractivity (Wildman–Crippen MR) is 96.7 cm³/mol. The highest BCUT2D eigenvalue weighted by Gasteiger charge is 2.30. The number of aldehydes is 1. The van der Waals surface area contributed by atoms with Crippen LogP contribution < -0.4 is 0 Å². The van der Waals surface area contributed by atoms with Gasteiger partial charge in [-0.25, -0.2) is 16.8 Å². The van der Waals surface area contributed by atoms with Gasteiger partial charge in [0.1, 0.15) is 11.1 Å². The van der Waals surface area contributed by atoms with Gasteiger partial charge >= 0.3 is 0 Å². The van der Waals surface area contributed by atoms with E-state index in [1.54, 1.807) is 18.2 Å². The van der Waals surface area contributed by atoms with Crippen LogP contribution in [-0.4, -0.2) is 23.7 Å². The Kier molecular flexibility index (Phi) is 4.81. The van der Waals surface area contributed by atoms with Crippen molar-refractivity contribution in [2.45, 2.75) is 5.25 Å². The zero-order valence-corrected chi connectivity index (χ0v) is 14.4. The molecule has 0 aliphatic carbocycles. The maximum Gasteiger partial charge on any atom is 0.249 e. The van der Waals surface area contributed by atoms with Crippen LogP contribution in [0.5, 0.6) is 0 Å². The van der Waals surface area contributed by atoms with E-state index < -0.39 is 21.1 Å². The van der Waals surface area contributed by atoms with Crippen LogP contribution in [0.25, 0.3) is 11.3 Å². The van der Waals surface area contributed by atoms with Crippen molar-refractivity contribution in [3.05, 3.63) is 90.7 Å². The number of nitrogens with zero attached hydrogens (tertiary/aromatic N) is 2. The fraction of sp³-hybridized carbons (Fsp3) is 0.0526. The van der Waals surface area contributed by atoms with E-state index in [9.17, 15) is 17.6 Å². The molecule has 0 saturated heterocycles. The Morgan fingerprint density at radius 3 is 2.54 bits per heavy atom. The molecule has 3 aromatic rings. The number of carbonyl (C=O) groups excluding carboxylic acids is 1. The molecule has 0 aliphatic heterocycles. The highest BCUT2D eigenvalue weighted by molar-refractivity contribution is 7.90. The Labute approximate surface area is 150 Å². The van der Waals surface area contributed by atoms with Crippen LogP contribution in [0.15, 0.2) is 73.7 Å². The first-order valence-electron chi connectivity index (χ1n) is 7.69. The van der Waals surface area contributed by atoms with E-state index in [2.05, 4.69) is 11.6 Å². The summed E-state index contributed by atoms with van der Waals surface area (Å²) in [4.78, 5) is 15.3. The van der Waals surface area contributed by atoms with Crippen LogP contribution in [0.1, 0.15) is 21.2 Å². The quantitative estimate of drug-likeness (QED) is 0.491. The van der Waals surface area contributed by atoms with Crippen molar-refractivity contribution in [1.82, 2.24) is 8.96 Å². The molecule has 0 N–H and O–H groups in total. The minimum absolute atomic E-state index is 0.0196. The first kappa shape index (κ1) is 17.8. The molecule has 3 rings (SSSR count). The van der Waals surface area contributed by atoms with Crippen molar-refractivity contribution < 1.29 is 17.6 Å². The van der Waals surface area contributed by atoms with Gasteiger partial charge in [-0.05, 0) is 29.8 Å². The van der Waals surface area contributed by atoms with Gasteiger partial charge in [-0.2, -0.15) is 0 Å². The van der Waals surface area contributed by atoms with Crippen LogP contribution in [-0.2, 0) is 10.0 Å². The fourth-order valence-electron chi connectivity index (χ4n) is 2.76. The highest BCUT2D eigenvalue weighted by Crippen LogP contribution is 2.33. The van der Waals surface area contributed by atoms with E-state index in [0.29, 0.717) is 11.8 Å². The summed E-state index contributed by atoms with van der Waals surface area (Å²) < 4.78 is 41.7. The van der Waals surface area contributed by atoms with Gasteiger partial charge in [0.15, 0.2) is 6.29 Å². The summed E-state index contributed by atoms with van der Waals surface area (Å²) in [5.41, 5.74) is 0.502. The SMILES string of the molecule is C=CC(c1cccnc1)S(=O)(=O)n1ccc(C=O)c1-c1ccccc1F. The van der Waals surface area contributed by atoms with Gasteiger partial charge in [0.05, 0.1) is 5.69 Å². The number of aromatic nitrogens is 2. The summed E-state index contributed by atoms with van der Waals surface area (Å²) in [5, 5.41) is -1.10. The van der Waals surface area contributed by atoms with Crippen LogP contribution in [0, 0.1) is 5.82 Å². The molecule has 0 aliphatic rings. The number of rotatable bonds is 6. The summed E-state index contributed by atoms with van der Waals surface area (Å²) in [6.07, 6.45) is 5.98. The smallest absolute Gasteiger partial charge is 0.249 e. The molecule has 1 unspecified atom stereocenters. The second kappa shape index (κ2) is 7.05. The lowest BCUT2D eigenvalue weighted by Crippen LogP contribution is -2.20. The van der Waals surface area contributed by atoms with Gasteiger partial charge in [-0.3, -0.25) is 9.78 Å². The molecule has 0 amide bonds. The third-order valence-electron chi connectivity index (χ3n) is 3.96.